The van der Waals surface area contributed by atoms with E-state index in [1.54, 1.807) is 23.1 Å². The smallest absolute Gasteiger partial charge is 0.242 e. The number of carbonyl (C=O) groups is 2. The lowest BCUT2D eigenvalue weighted by Crippen LogP contribution is -2.49. The molecule has 1 atom stereocenters. The van der Waals surface area contributed by atoms with Crippen molar-refractivity contribution in [3.05, 3.63) is 63.1 Å². The number of benzene rings is 2. The standard InChI is InChI=1S/C28H39Cl2N3O4S/c1-7-26(28(35)31-17-19(2)3)32(18-22-10-11-24(29)25(30)16-22)27(34)9-8-12-33(38(6,36)37)23-14-20(4)13-21(5)15-23/h10-11,13-16,19,26H,7-9,12,17-18H2,1-6H3,(H,31,35)/t26-/m0/s1. The van der Waals surface area contributed by atoms with Crippen LogP contribution < -0.4 is 9.62 Å². The van der Waals surface area contributed by atoms with Gasteiger partial charge in [0.05, 0.1) is 22.0 Å². The Morgan fingerprint density at radius 2 is 1.63 bits per heavy atom. The summed E-state index contributed by atoms with van der Waals surface area (Å²) in [5, 5.41) is 3.71. The molecule has 0 aliphatic carbocycles. The number of anilines is 1. The minimum absolute atomic E-state index is 0.0755. The second-order valence-electron chi connectivity index (χ2n) is 10.1. The monoisotopic (exact) mass is 583 g/mol. The van der Waals surface area contributed by atoms with Crippen molar-refractivity contribution >= 4 is 50.7 Å². The highest BCUT2D eigenvalue weighted by molar-refractivity contribution is 7.92. The molecule has 0 saturated carbocycles. The molecular formula is C28H39Cl2N3O4S. The van der Waals surface area contributed by atoms with Gasteiger partial charge >= 0.3 is 0 Å². The van der Waals surface area contributed by atoms with E-state index >= 15 is 0 Å². The lowest BCUT2D eigenvalue weighted by molar-refractivity contribution is -0.141. The summed E-state index contributed by atoms with van der Waals surface area (Å²) < 4.78 is 26.5. The number of hydrogen-bond acceptors (Lipinski definition) is 4. The Kier molecular flexibility index (Phi) is 11.9. The molecule has 0 heterocycles. The number of halogens is 2. The Hall–Kier alpha value is -2.29. The summed E-state index contributed by atoms with van der Waals surface area (Å²) in [5.41, 5.74) is 3.23. The summed E-state index contributed by atoms with van der Waals surface area (Å²) in [6, 6.07) is 10.1. The lowest BCUT2D eigenvalue weighted by Gasteiger charge is -2.31. The molecule has 0 radical (unpaired) electrons. The number of carbonyl (C=O) groups excluding carboxylic acids is 2. The molecule has 0 aromatic heterocycles. The quantitative estimate of drug-likeness (QED) is 0.326. The SMILES string of the molecule is CC[C@@H](C(=O)NCC(C)C)N(Cc1ccc(Cl)c(Cl)c1)C(=O)CCCN(c1cc(C)cc(C)c1)S(C)(=O)=O. The summed E-state index contributed by atoms with van der Waals surface area (Å²) in [6.07, 6.45) is 1.96. The molecule has 1 N–H and O–H groups in total. The maximum absolute atomic E-state index is 13.5. The van der Waals surface area contributed by atoms with Crippen molar-refractivity contribution in [2.75, 3.05) is 23.7 Å². The molecule has 0 bridgehead atoms. The normalized spacial score (nSPS) is 12.3. The molecule has 2 aromatic carbocycles. The zero-order chi connectivity index (χ0) is 28.6. The van der Waals surface area contributed by atoms with E-state index in [4.69, 9.17) is 23.2 Å². The zero-order valence-electron chi connectivity index (χ0n) is 23.1. The van der Waals surface area contributed by atoms with Gasteiger partial charge in [-0.1, -0.05) is 56.1 Å². The Bertz CT molecular complexity index is 1210. The summed E-state index contributed by atoms with van der Waals surface area (Å²) in [5.74, 6) is -0.193. The highest BCUT2D eigenvalue weighted by Crippen LogP contribution is 2.25. The van der Waals surface area contributed by atoms with Crippen LogP contribution in [-0.4, -0.2) is 50.5 Å². The molecule has 0 aliphatic rings. The van der Waals surface area contributed by atoms with E-state index < -0.39 is 16.1 Å². The summed E-state index contributed by atoms with van der Waals surface area (Å²) in [6.45, 7) is 10.5. The van der Waals surface area contributed by atoms with Gasteiger partial charge in [-0.15, -0.1) is 0 Å². The number of sulfonamides is 1. The largest absolute Gasteiger partial charge is 0.354 e. The van der Waals surface area contributed by atoms with Crippen LogP contribution in [0.1, 0.15) is 56.7 Å². The highest BCUT2D eigenvalue weighted by Gasteiger charge is 2.29. The van der Waals surface area contributed by atoms with Gasteiger partial charge in [0.15, 0.2) is 0 Å². The molecule has 0 fully saturated rings. The van der Waals surface area contributed by atoms with Gasteiger partial charge in [-0.3, -0.25) is 13.9 Å². The number of amides is 2. The Morgan fingerprint density at radius 3 is 2.16 bits per heavy atom. The van der Waals surface area contributed by atoms with Crippen molar-refractivity contribution in [2.45, 2.75) is 66.5 Å². The number of hydrogen-bond donors (Lipinski definition) is 1. The van der Waals surface area contributed by atoms with Crippen LogP contribution in [-0.2, 0) is 26.2 Å². The first kappa shape index (κ1) is 31.9. The van der Waals surface area contributed by atoms with Crippen LogP contribution >= 0.6 is 23.2 Å². The fraction of sp³-hybridized carbons (Fsp3) is 0.500. The average molecular weight is 585 g/mol. The van der Waals surface area contributed by atoms with Gasteiger partial charge in [0.25, 0.3) is 0 Å². The van der Waals surface area contributed by atoms with Gasteiger partial charge in [-0.25, -0.2) is 8.42 Å². The minimum atomic E-state index is -3.56. The van der Waals surface area contributed by atoms with E-state index in [1.807, 2.05) is 52.8 Å². The van der Waals surface area contributed by atoms with E-state index in [0.29, 0.717) is 35.1 Å². The van der Waals surface area contributed by atoms with E-state index in [-0.39, 0.29) is 37.2 Å². The lowest BCUT2D eigenvalue weighted by atomic mass is 10.1. The van der Waals surface area contributed by atoms with Gasteiger partial charge in [-0.2, -0.15) is 0 Å². The molecular weight excluding hydrogens is 545 g/mol. The third-order valence-corrected chi connectivity index (χ3v) is 7.99. The molecule has 2 aromatic rings. The van der Waals surface area contributed by atoms with E-state index in [1.165, 1.54) is 4.31 Å². The Morgan fingerprint density at radius 1 is 1.00 bits per heavy atom. The summed E-state index contributed by atoms with van der Waals surface area (Å²) in [4.78, 5) is 28.1. The second-order valence-corrected chi connectivity index (χ2v) is 12.8. The van der Waals surface area contributed by atoms with Crippen LogP contribution in [0.2, 0.25) is 10.0 Å². The van der Waals surface area contributed by atoms with Crippen molar-refractivity contribution in [1.29, 1.82) is 0 Å². The molecule has 38 heavy (non-hydrogen) atoms. The van der Waals surface area contributed by atoms with Crippen molar-refractivity contribution in [1.82, 2.24) is 10.2 Å². The molecule has 0 saturated heterocycles. The first-order chi connectivity index (χ1) is 17.7. The van der Waals surface area contributed by atoms with Crippen molar-refractivity contribution in [3.63, 3.8) is 0 Å². The van der Waals surface area contributed by atoms with Crippen molar-refractivity contribution in [3.8, 4) is 0 Å². The molecule has 2 amide bonds. The van der Waals surface area contributed by atoms with Gasteiger partial charge in [0, 0.05) is 26.1 Å². The number of rotatable bonds is 13. The van der Waals surface area contributed by atoms with Crippen molar-refractivity contribution in [2.24, 2.45) is 5.92 Å². The van der Waals surface area contributed by atoms with Crippen LogP contribution in [0.5, 0.6) is 0 Å². The molecule has 210 valence electrons. The highest BCUT2D eigenvalue weighted by atomic mass is 35.5. The molecule has 10 heteroatoms. The van der Waals surface area contributed by atoms with E-state index in [2.05, 4.69) is 5.32 Å². The van der Waals surface area contributed by atoms with Gasteiger partial charge in [0.2, 0.25) is 21.8 Å². The van der Waals surface area contributed by atoms with Crippen LogP contribution in [0, 0.1) is 19.8 Å². The van der Waals surface area contributed by atoms with Gasteiger partial charge in [0.1, 0.15) is 6.04 Å². The average Bonchev–Trinajstić information content (AvgIpc) is 2.80. The third-order valence-electron chi connectivity index (χ3n) is 6.05. The van der Waals surface area contributed by atoms with Crippen LogP contribution in [0.3, 0.4) is 0 Å². The first-order valence-electron chi connectivity index (χ1n) is 12.8. The van der Waals surface area contributed by atoms with Crippen LogP contribution in [0.4, 0.5) is 5.69 Å². The number of nitrogens with one attached hydrogen (secondary N) is 1. The predicted molar refractivity (Wildman–Crippen MR) is 156 cm³/mol. The maximum Gasteiger partial charge on any atom is 0.242 e. The van der Waals surface area contributed by atoms with E-state index in [0.717, 1.165) is 22.9 Å². The number of aryl methyl sites for hydroxylation is 2. The number of nitrogens with zero attached hydrogens (tertiary/aromatic N) is 2. The van der Waals surface area contributed by atoms with E-state index in [9.17, 15) is 18.0 Å². The molecule has 7 nitrogen and oxygen atoms in total. The van der Waals surface area contributed by atoms with Gasteiger partial charge < -0.3 is 10.2 Å². The Balaban J connectivity index is 2.26. The summed E-state index contributed by atoms with van der Waals surface area (Å²) >= 11 is 12.3. The third kappa shape index (κ3) is 9.47. The fourth-order valence-corrected chi connectivity index (χ4v) is 5.55. The minimum Gasteiger partial charge on any atom is -0.354 e. The Labute approximate surface area is 237 Å². The molecule has 0 spiro atoms. The van der Waals surface area contributed by atoms with Crippen LogP contribution in [0.25, 0.3) is 0 Å². The van der Waals surface area contributed by atoms with Crippen molar-refractivity contribution < 1.29 is 18.0 Å². The predicted octanol–water partition coefficient (Wildman–Crippen LogP) is 5.74. The molecule has 2 rings (SSSR count). The molecule has 0 aliphatic heterocycles. The molecule has 0 unspecified atom stereocenters. The topological polar surface area (TPSA) is 86.8 Å². The fourth-order valence-electron chi connectivity index (χ4n) is 4.28. The maximum atomic E-state index is 13.5. The zero-order valence-corrected chi connectivity index (χ0v) is 25.4. The summed E-state index contributed by atoms with van der Waals surface area (Å²) in [7, 11) is -3.56. The van der Waals surface area contributed by atoms with Crippen LogP contribution in [0.15, 0.2) is 36.4 Å². The first-order valence-corrected chi connectivity index (χ1v) is 15.4. The second kappa shape index (κ2) is 14.2. The van der Waals surface area contributed by atoms with Gasteiger partial charge in [-0.05, 0) is 73.6 Å².